The second-order valence-corrected chi connectivity index (χ2v) is 4.39. The van der Waals surface area contributed by atoms with Crippen LogP contribution in [-0.2, 0) is 15.0 Å². The molecule has 0 aliphatic heterocycles. The molecule has 0 unspecified atom stereocenters. The van der Waals surface area contributed by atoms with Crippen LogP contribution in [0.4, 0.5) is 0 Å². The first-order valence-electron chi connectivity index (χ1n) is 4.92. The van der Waals surface area contributed by atoms with Crippen LogP contribution in [0.15, 0.2) is 24.3 Å². The van der Waals surface area contributed by atoms with Crippen molar-refractivity contribution in [3.8, 4) is 5.75 Å². The van der Waals surface area contributed by atoms with Gasteiger partial charge in [-0.3, -0.25) is 0 Å². The highest BCUT2D eigenvalue weighted by molar-refractivity contribution is 7.84. The quantitative estimate of drug-likeness (QED) is 0.790. The number of hydrogen-bond acceptors (Lipinski definition) is 5. The second kappa shape index (κ2) is 5.65. The van der Waals surface area contributed by atoms with E-state index in [2.05, 4.69) is 9.32 Å². The molecule has 0 saturated heterocycles. The molecule has 0 aromatic heterocycles. The zero-order valence-electron chi connectivity index (χ0n) is 9.25. The SMILES string of the molecule is CCCOC(=O)c1ccc(OS(N)(=O)=O)cc1. The number of esters is 1. The van der Waals surface area contributed by atoms with E-state index in [0.717, 1.165) is 6.42 Å². The van der Waals surface area contributed by atoms with Crippen LogP contribution in [0, 0.1) is 0 Å². The van der Waals surface area contributed by atoms with Gasteiger partial charge >= 0.3 is 16.3 Å². The van der Waals surface area contributed by atoms with Crippen LogP contribution < -0.4 is 9.32 Å². The van der Waals surface area contributed by atoms with Crippen molar-refractivity contribution in [3.05, 3.63) is 29.8 Å². The minimum absolute atomic E-state index is 0.0412. The van der Waals surface area contributed by atoms with Gasteiger partial charge < -0.3 is 8.92 Å². The lowest BCUT2D eigenvalue weighted by Crippen LogP contribution is -2.19. The summed E-state index contributed by atoms with van der Waals surface area (Å²) in [6.45, 7) is 2.23. The zero-order chi connectivity index (χ0) is 12.9. The van der Waals surface area contributed by atoms with Crippen molar-refractivity contribution in [2.45, 2.75) is 13.3 Å². The summed E-state index contributed by atoms with van der Waals surface area (Å²) < 4.78 is 30.6. The Morgan fingerprint density at radius 1 is 1.29 bits per heavy atom. The Morgan fingerprint density at radius 2 is 1.88 bits per heavy atom. The topological polar surface area (TPSA) is 95.7 Å². The van der Waals surface area contributed by atoms with Gasteiger partial charge in [-0.05, 0) is 30.7 Å². The van der Waals surface area contributed by atoms with E-state index in [1.165, 1.54) is 24.3 Å². The fourth-order valence-electron chi connectivity index (χ4n) is 1.06. The number of nitrogens with two attached hydrogens (primary N) is 1. The molecule has 2 N–H and O–H groups in total. The number of hydrogen-bond donors (Lipinski definition) is 1. The first kappa shape index (κ1) is 13.5. The third-order valence-corrected chi connectivity index (χ3v) is 2.16. The van der Waals surface area contributed by atoms with Crippen LogP contribution in [0.25, 0.3) is 0 Å². The summed E-state index contributed by atoms with van der Waals surface area (Å²) in [5, 5.41) is 4.69. The molecule has 0 saturated carbocycles. The standard InChI is InChI=1S/C10H13NO5S/c1-2-7-15-10(12)8-3-5-9(6-4-8)16-17(11,13)14/h3-6H,2,7H2,1H3,(H2,11,13,14). The van der Waals surface area contributed by atoms with E-state index in [1.54, 1.807) is 0 Å². The van der Waals surface area contributed by atoms with Crippen molar-refractivity contribution in [3.63, 3.8) is 0 Å². The average Bonchev–Trinajstić information content (AvgIpc) is 2.24. The number of ether oxygens (including phenoxy) is 1. The molecule has 0 atom stereocenters. The maximum atomic E-state index is 11.4. The first-order valence-corrected chi connectivity index (χ1v) is 6.39. The maximum absolute atomic E-state index is 11.4. The van der Waals surface area contributed by atoms with Crippen LogP contribution in [0.5, 0.6) is 5.75 Å². The smallest absolute Gasteiger partial charge is 0.380 e. The predicted octanol–water partition coefficient (Wildman–Crippen LogP) is 0.836. The molecule has 1 aromatic carbocycles. The van der Waals surface area contributed by atoms with Gasteiger partial charge in [0.15, 0.2) is 0 Å². The summed E-state index contributed by atoms with van der Waals surface area (Å²) >= 11 is 0. The second-order valence-electron chi connectivity index (χ2n) is 3.24. The van der Waals surface area contributed by atoms with Gasteiger partial charge in [0.2, 0.25) is 0 Å². The fraction of sp³-hybridized carbons (Fsp3) is 0.300. The minimum atomic E-state index is -4.04. The number of rotatable bonds is 5. The van der Waals surface area contributed by atoms with Crippen molar-refractivity contribution in [2.75, 3.05) is 6.61 Å². The molecule has 94 valence electrons. The predicted molar refractivity (Wildman–Crippen MR) is 60.8 cm³/mol. The first-order chi connectivity index (χ1) is 7.92. The molecule has 1 aromatic rings. The number of carbonyl (C=O) groups is 1. The third kappa shape index (κ3) is 4.83. The summed E-state index contributed by atoms with van der Waals surface area (Å²) in [7, 11) is -4.04. The van der Waals surface area contributed by atoms with Gasteiger partial charge in [0, 0.05) is 0 Å². The molecule has 0 amide bonds. The Bertz CT molecular complexity index is 480. The molecule has 7 heteroatoms. The molecule has 6 nitrogen and oxygen atoms in total. The molecule has 0 heterocycles. The highest BCUT2D eigenvalue weighted by Crippen LogP contribution is 2.14. The highest BCUT2D eigenvalue weighted by atomic mass is 32.2. The van der Waals surface area contributed by atoms with Crippen LogP contribution in [-0.4, -0.2) is 21.0 Å². The minimum Gasteiger partial charge on any atom is -0.462 e. The maximum Gasteiger partial charge on any atom is 0.380 e. The lowest BCUT2D eigenvalue weighted by atomic mass is 10.2. The molecule has 0 aliphatic rings. The molecule has 0 aliphatic carbocycles. The average molecular weight is 259 g/mol. The van der Waals surface area contributed by atoms with Crippen LogP contribution in [0.3, 0.4) is 0 Å². The largest absolute Gasteiger partial charge is 0.462 e. The van der Waals surface area contributed by atoms with E-state index in [-0.39, 0.29) is 5.75 Å². The molecular weight excluding hydrogens is 246 g/mol. The third-order valence-electron chi connectivity index (χ3n) is 1.74. The summed E-state index contributed by atoms with van der Waals surface area (Å²) in [5.41, 5.74) is 0.320. The van der Waals surface area contributed by atoms with Gasteiger partial charge in [-0.25, -0.2) is 4.79 Å². The highest BCUT2D eigenvalue weighted by Gasteiger charge is 2.08. The zero-order valence-corrected chi connectivity index (χ0v) is 10.1. The monoisotopic (exact) mass is 259 g/mol. The van der Waals surface area contributed by atoms with E-state index >= 15 is 0 Å². The summed E-state index contributed by atoms with van der Waals surface area (Å²) in [5.74, 6) is -0.423. The molecule has 17 heavy (non-hydrogen) atoms. The molecular formula is C10H13NO5S. The van der Waals surface area contributed by atoms with Gasteiger partial charge in [-0.2, -0.15) is 13.6 Å². The fourth-order valence-corrected chi connectivity index (χ4v) is 1.44. The van der Waals surface area contributed by atoms with Crippen molar-refractivity contribution >= 4 is 16.3 Å². The summed E-state index contributed by atoms with van der Waals surface area (Å²) in [6.07, 6.45) is 0.734. The van der Waals surface area contributed by atoms with Crippen LogP contribution in [0.2, 0.25) is 0 Å². The van der Waals surface area contributed by atoms with Crippen LogP contribution in [0.1, 0.15) is 23.7 Å². The molecule has 0 radical (unpaired) electrons. The van der Waals surface area contributed by atoms with Gasteiger partial charge in [0.25, 0.3) is 0 Å². The Balaban J connectivity index is 2.71. The molecule has 0 bridgehead atoms. The Labute approximate surface area is 99.6 Å². The lowest BCUT2D eigenvalue weighted by Gasteiger charge is -2.04. The molecule has 1 rings (SSSR count). The van der Waals surface area contributed by atoms with Gasteiger partial charge in [0.05, 0.1) is 12.2 Å². The van der Waals surface area contributed by atoms with E-state index in [4.69, 9.17) is 4.74 Å². The van der Waals surface area contributed by atoms with E-state index in [0.29, 0.717) is 12.2 Å². The van der Waals surface area contributed by atoms with E-state index in [9.17, 15) is 13.2 Å². The van der Waals surface area contributed by atoms with Crippen molar-refractivity contribution in [2.24, 2.45) is 5.14 Å². The lowest BCUT2D eigenvalue weighted by molar-refractivity contribution is 0.0505. The molecule has 0 fully saturated rings. The van der Waals surface area contributed by atoms with Crippen molar-refractivity contribution in [1.29, 1.82) is 0 Å². The summed E-state index contributed by atoms with van der Waals surface area (Å²) in [6, 6.07) is 5.46. The van der Waals surface area contributed by atoms with Gasteiger partial charge in [0.1, 0.15) is 5.75 Å². The van der Waals surface area contributed by atoms with Gasteiger partial charge in [-0.1, -0.05) is 6.92 Å². The number of carbonyl (C=O) groups excluding carboxylic acids is 1. The Kier molecular flexibility index (Phi) is 4.47. The Morgan fingerprint density at radius 3 is 2.35 bits per heavy atom. The normalized spacial score (nSPS) is 10.9. The van der Waals surface area contributed by atoms with Gasteiger partial charge in [-0.15, -0.1) is 0 Å². The number of benzene rings is 1. The molecule has 0 spiro atoms. The van der Waals surface area contributed by atoms with Crippen molar-refractivity contribution < 1.29 is 22.1 Å². The van der Waals surface area contributed by atoms with E-state index in [1.807, 2.05) is 6.92 Å². The van der Waals surface area contributed by atoms with E-state index < -0.39 is 16.3 Å². The Hall–Kier alpha value is -1.60. The van der Waals surface area contributed by atoms with Crippen molar-refractivity contribution in [1.82, 2.24) is 0 Å². The van der Waals surface area contributed by atoms with Crippen LogP contribution >= 0.6 is 0 Å². The summed E-state index contributed by atoms with van der Waals surface area (Å²) in [4.78, 5) is 11.4.